The van der Waals surface area contributed by atoms with E-state index in [9.17, 15) is 9.59 Å². The maximum Gasteiger partial charge on any atom is 0.339 e. The molecule has 0 aliphatic rings. The zero-order chi connectivity index (χ0) is 17.7. The van der Waals surface area contributed by atoms with E-state index in [0.717, 1.165) is 27.1 Å². The fraction of sp³-hybridized carbons (Fsp3) is 0.182. The van der Waals surface area contributed by atoms with Crippen LogP contribution in [-0.4, -0.2) is 12.6 Å². The van der Waals surface area contributed by atoms with Crippen LogP contribution in [0.25, 0.3) is 32.3 Å². The number of rotatable bonds is 2. The molecule has 0 fully saturated rings. The lowest BCUT2D eigenvalue weighted by atomic mass is 9.99. The number of benzene rings is 2. The minimum absolute atomic E-state index is 0.0215. The average Bonchev–Trinajstić information content (AvgIpc) is 2.81. The molecule has 0 spiro atoms. The van der Waals surface area contributed by atoms with E-state index in [0.29, 0.717) is 28.5 Å². The third kappa shape index (κ3) is 2.05. The summed E-state index contributed by atoms with van der Waals surface area (Å²) in [7, 11) is 0. The van der Waals surface area contributed by atoms with Crippen LogP contribution in [0.4, 0.5) is 0 Å². The molecule has 0 heterocycles. The summed E-state index contributed by atoms with van der Waals surface area (Å²) in [6.07, 6.45) is 0. The van der Waals surface area contributed by atoms with Gasteiger partial charge in [0, 0.05) is 21.5 Å². The Morgan fingerprint density at radius 1 is 0.880 bits per heavy atom. The van der Waals surface area contributed by atoms with Gasteiger partial charge in [-0.1, -0.05) is 42.5 Å². The highest BCUT2D eigenvalue weighted by molar-refractivity contribution is 6.28. The maximum atomic E-state index is 13.2. The van der Waals surface area contributed by atoms with Crippen molar-refractivity contribution in [2.75, 3.05) is 6.61 Å². The van der Waals surface area contributed by atoms with Crippen molar-refractivity contribution < 1.29 is 9.53 Å². The second-order valence-electron chi connectivity index (χ2n) is 6.34. The molecule has 25 heavy (non-hydrogen) atoms. The normalized spacial score (nSPS) is 11.5. The van der Waals surface area contributed by atoms with E-state index in [-0.39, 0.29) is 11.4 Å². The summed E-state index contributed by atoms with van der Waals surface area (Å²) in [6.45, 7) is 5.91. The Morgan fingerprint density at radius 3 is 2.28 bits per heavy atom. The van der Waals surface area contributed by atoms with Crippen LogP contribution < -0.4 is 5.43 Å². The summed E-state index contributed by atoms with van der Waals surface area (Å²) >= 11 is 0. The van der Waals surface area contributed by atoms with Crippen LogP contribution in [0.1, 0.15) is 28.4 Å². The number of ether oxygens (including phenoxy) is 1. The highest BCUT2D eigenvalue weighted by Gasteiger charge is 2.24. The van der Waals surface area contributed by atoms with Crippen molar-refractivity contribution in [3.8, 4) is 0 Å². The lowest BCUT2D eigenvalue weighted by Crippen LogP contribution is -2.06. The average molecular weight is 330 g/mol. The second kappa shape index (κ2) is 5.55. The Balaban J connectivity index is 2.38. The molecule has 0 aliphatic carbocycles. The van der Waals surface area contributed by atoms with Crippen LogP contribution in [0.5, 0.6) is 0 Å². The summed E-state index contributed by atoms with van der Waals surface area (Å²) in [5.74, 6) is -0.366. The van der Waals surface area contributed by atoms with Gasteiger partial charge in [0.05, 0.1) is 12.2 Å². The van der Waals surface area contributed by atoms with Crippen molar-refractivity contribution in [1.29, 1.82) is 0 Å². The first-order valence-electron chi connectivity index (χ1n) is 8.43. The second-order valence-corrected chi connectivity index (χ2v) is 6.34. The van der Waals surface area contributed by atoms with Gasteiger partial charge in [-0.05, 0) is 42.7 Å². The molecule has 0 aliphatic heterocycles. The summed E-state index contributed by atoms with van der Waals surface area (Å²) in [5.41, 5.74) is 2.17. The molecule has 3 heteroatoms. The first-order chi connectivity index (χ1) is 12.1. The lowest BCUT2D eigenvalue weighted by molar-refractivity contribution is 0.0528. The van der Waals surface area contributed by atoms with Gasteiger partial charge in [-0.3, -0.25) is 4.79 Å². The highest BCUT2D eigenvalue weighted by Crippen LogP contribution is 2.38. The van der Waals surface area contributed by atoms with E-state index in [4.69, 9.17) is 4.74 Å². The van der Waals surface area contributed by atoms with Gasteiger partial charge < -0.3 is 4.74 Å². The lowest BCUT2D eigenvalue weighted by Gasteiger charge is -2.03. The van der Waals surface area contributed by atoms with Gasteiger partial charge >= 0.3 is 5.97 Å². The summed E-state index contributed by atoms with van der Waals surface area (Å²) in [5, 5.41) is 4.92. The third-order valence-electron chi connectivity index (χ3n) is 4.94. The molecule has 0 saturated carbocycles. The van der Waals surface area contributed by atoms with Crippen molar-refractivity contribution in [3.63, 3.8) is 0 Å². The first-order valence-corrected chi connectivity index (χ1v) is 8.43. The highest BCUT2D eigenvalue weighted by atomic mass is 16.5. The van der Waals surface area contributed by atoms with E-state index >= 15 is 0 Å². The van der Waals surface area contributed by atoms with Crippen molar-refractivity contribution in [2.45, 2.75) is 20.8 Å². The fourth-order valence-electron chi connectivity index (χ4n) is 3.89. The largest absolute Gasteiger partial charge is 0.462 e. The number of hydrogen-bond acceptors (Lipinski definition) is 3. The van der Waals surface area contributed by atoms with Gasteiger partial charge in [-0.15, -0.1) is 0 Å². The SMILES string of the molecule is CCOC(=O)c1c(C)c2c(=O)c3ccccc3c3cccc(C)c1c23. The minimum atomic E-state index is -0.366. The molecule has 0 saturated heterocycles. The van der Waals surface area contributed by atoms with Crippen LogP contribution >= 0.6 is 0 Å². The third-order valence-corrected chi connectivity index (χ3v) is 4.94. The molecule has 0 atom stereocenters. The Hall–Kier alpha value is -2.94. The summed E-state index contributed by atoms with van der Waals surface area (Å²) in [6, 6.07) is 13.6. The van der Waals surface area contributed by atoms with Gasteiger partial charge in [-0.2, -0.15) is 0 Å². The van der Waals surface area contributed by atoms with Crippen LogP contribution in [-0.2, 0) is 4.74 Å². The molecule has 0 amide bonds. The summed E-state index contributed by atoms with van der Waals surface area (Å²) < 4.78 is 5.28. The first kappa shape index (κ1) is 15.6. The molecule has 0 radical (unpaired) electrons. The standard InChI is InChI=1S/C22H18O3/c1-4-25-22(24)19-13(3)18-20-15(11-7-8-12(2)17(19)20)14-9-5-6-10-16(14)21(18)23/h5-11H,4H2,1-3H3. The quantitative estimate of drug-likeness (QED) is 0.499. The van der Waals surface area contributed by atoms with Crippen molar-refractivity contribution in [3.05, 3.63) is 69.4 Å². The van der Waals surface area contributed by atoms with Gasteiger partial charge in [0.15, 0.2) is 5.43 Å². The molecule has 4 rings (SSSR count). The topological polar surface area (TPSA) is 43.4 Å². The predicted octanol–water partition coefficient (Wildman–Crippen LogP) is 4.74. The Bertz CT molecular complexity index is 1210. The van der Waals surface area contributed by atoms with Gasteiger partial charge in [0.1, 0.15) is 0 Å². The van der Waals surface area contributed by atoms with Crippen LogP contribution in [0.15, 0.2) is 47.3 Å². The molecule has 0 bridgehead atoms. The molecule has 4 aromatic carbocycles. The number of esters is 1. The number of carbonyl (C=O) groups excluding carboxylic acids is 1. The Kier molecular flexibility index (Phi) is 3.46. The Morgan fingerprint density at radius 2 is 1.56 bits per heavy atom. The van der Waals surface area contributed by atoms with Crippen LogP contribution in [0.2, 0.25) is 0 Å². The minimum Gasteiger partial charge on any atom is -0.462 e. The predicted molar refractivity (Wildman–Crippen MR) is 102 cm³/mol. The van der Waals surface area contributed by atoms with Crippen molar-refractivity contribution in [2.24, 2.45) is 0 Å². The zero-order valence-electron chi connectivity index (χ0n) is 14.5. The molecule has 4 aromatic rings. The molecule has 0 unspecified atom stereocenters. The molecular weight excluding hydrogens is 312 g/mol. The maximum absolute atomic E-state index is 13.2. The summed E-state index contributed by atoms with van der Waals surface area (Å²) in [4.78, 5) is 25.8. The monoisotopic (exact) mass is 330 g/mol. The van der Waals surface area contributed by atoms with E-state index in [1.165, 1.54) is 0 Å². The number of carbonyl (C=O) groups is 1. The van der Waals surface area contributed by atoms with E-state index in [1.807, 2.05) is 56.3 Å². The number of hydrogen-bond donors (Lipinski definition) is 0. The van der Waals surface area contributed by atoms with E-state index < -0.39 is 0 Å². The Labute approximate surface area is 145 Å². The van der Waals surface area contributed by atoms with Gasteiger partial charge in [0.25, 0.3) is 0 Å². The molecular formula is C22H18O3. The zero-order valence-corrected chi connectivity index (χ0v) is 14.5. The molecule has 0 aromatic heterocycles. The van der Waals surface area contributed by atoms with Crippen molar-refractivity contribution >= 4 is 38.3 Å². The van der Waals surface area contributed by atoms with Gasteiger partial charge in [-0.25, -0.2) is 4.79 Å². The van der Waals surface area contributed by atoms with Gasteiger partial charge in [0.2, 0.25) is 0 Å². The van der Waals surface area contributed by atoms with Crippen molar-refractivity contribution in [1.82, 2.24) is 0 Å². The number of aryl methyl sites for hydroxylation is 2. The van der Waals surface area contributed by atoms with E-state index in [2.05, 4.69) is 0 Å². The van der Waals surface area contributed by atoms with E-state index in [1.54, 1.807) is 6.92 Å². The smallest absolute Gasteiger partial charge is 0.339 e. The van der Waals surface area contributed by atoms with Crippen LogP contribution in [0.3, 0.4) is 0 Å². The fourth-order valence-corrected chi connectivity index (χ4v) is 3.89. The van der Waals surface area contributed by atoms with Crippen LogP contribution in [0, 0.1) is 13.8 Å². The molecule has 0 N–H and O–H groups in total. The molecule has 3 nitrogen and oxygen atoms in total. The molecule has 124 valence electrons. The number of fused-ring (bicyclic) bond motifs is 2.